The van der Waals surface area contributed by atoms with Crippen molar-refractivity contribution >= 4 is 35.5 Å². The summed E-state index contributed by atoms with van der Waals surface area (Å²) < 4.78 is 20.6. The minimum atomic E-state index is -0.346. The molecule has 0 fully saturated rings. The molecule has 0 aliphatic carbocycles. The van der Waals surface area contributed by atoms with Gasteiger partial charge in [0, 0.05) is 29.2 Å². The van der Waals surface area contributed by atoms with Crippen LogP contribution in [0, 0.1) is 11.8 Å². The molecule has 3 aromatic rings. The molecular formula is C20H18ClFN6O3S. The molecule has 9 nitrogen and oxygen atoms in total. The molecule has 0 unspecified atom stereocenters. The van der Waals surface area contributed by atoms with Crippen molar-refractivity contribution in [2.24, 2.45) is 5.73 Å². The second kappa shape index (κ2) is 10.2. The highest BCUT2D eigenvalue weighted by atomic mass is 35.5. The number of halogens is 2. The van der Waals surface area contributed by atoms with Crippen LogP contribution in [0.5, 0.6) is 5.75 Å². The van der Waals surface area contributed by atoms with Crippen molar-refractivity contribution in [3.8, 4) is 17.6 Å². The highest BCUT2D eigenvalue weighted by Crippen LogP contribution is 2.25. The van der Waals surface area contributed by atoms with E-state index in [2.05, 4.69) is 27.2 Å². The highest BCUT2D eigenvalue weighted by Gasteiger charge is 2.17. The van der Waals surface area contributed by atoms with Gasteiger partial charge >= 0.3 is 5.69 Å². The van der Waals surface area contributed by atoms with Crippen LogP contribution in [0.3, 0.4) is 0 Å². The van der Waals surface area contributed by atoms with Crippen LogP contribution in [-0.4, -0.2) is 38.4 Å². The van der Waals surface area contributed by atoms with Crippen molar-refractivity contribution in [1.29, 1.82) is 0 Å². The fraction of sp³-hybridized carbons (Fsp3) is 0.200. The van der Waals surface area contributed by atoms with Gasteiger partial charge in [-0.25, -0.2) is 18.9 Å². The number of carbonyl (C=O) groups is 1. The lowest BCUT2D eigenvalue weighted by Gasteiger charge is -2.16. The Hall–Kier alpha value is -3.46. The quantitative estimate of drug-likeness (QED) is 0.539. The van der Waals surface area contributed by atoms with Crippen LogP contribution in [0.4, 0.5) is 10.2 Å². The normalized spacial score (nSPS) is 12.7. The maximum absolute atomic E-state index is 12.7. The van der Waals surface area contributed by atoms with E-state index >= 15 is 0 Å². The second-order valence-corrected chi connectivity index (χ2v) is 7.76. The van der Waals surface area contributed by atoms with E-state index in [4.69, 9.17) is 10.5 Å². The van der Waals surface area contributed by atoms with Gasteiger partial charge in [-0.05, 0) is 17.7 Å². The van der Waals surface area contributed by atoms with Gasteiger partial charge in [-0.15, -0.1) is 23.7 Å². The molecule has 166 valence electrons. The van der Waals surface area contributed by atoms with Crippen LogP contribution in [0.1, 0.15) is 15.3 Å². The second-order valence-electron chi connectivity index (χ2n) is 6.59. The van der Waals surface area contributed by atoms with E-state index < -0.39 is 0 Å². The van der Waals surface area contributed by atoms with Crippen LogP contribution in [0.2, 0.25) is 0 Å². The summed E-state index contributed by atoms with van der Waals surface area (Å²) in [4.78, 5) is 29.6. The average molecular weight is 477 g/mol. The van der Waals surface area contributed by atoms with Gasteiger partial charge in [0.1, 0.15) is 6.33 Å². The van der Waals surface area contributed by atoms with Crippen molar-refractivity contribution in [2.45, 2.75) is 13.1 Å². The molecule has 1 aliphatic rings. The minimum Gasteiger partial charge on any atom is -0.480 e. The number of pyridine rings is 1. The predicted molar refractivity (Wildman–Crippen MR) is 120 cm³/mol. The number of nitrogens with two attached hydrogens (primary N) is 1. The Morgan fingerprint density at radius 3 is 3.00 bits per heavy atom. The van der Waals surface area contributed by atoms with E-state index in [1.807, 2.05) is 12.1 Å². The van der Waals surface area contributed by atoms with Crippen LogP contribution in [0.25, 0.3) is 0 Å². The number of fused-ring (bicyclic) bond motifs is 1. The molecular weight excluding hydrogens is 459 g/mol. The molecule has 0 bridgehead atoms. The first-order valence-electron chi connectivity index (χ1n) is 9.19. The molecule has 0 radical (unpaired) electrons. The average Bonchev–Trinajstić information content (AvgIpc) is 3.37. The number of nitrogens with one attached hydrogen (secondary N) is 1. The Bertz CT molecular complexity index is 1290. The third kappa shape index (κ3) is 5.23. The molecule has 0 spiro atoms. The maximum atomic E-state index is 12.7. The van der Waals surface area contributed by atoms with Gasteiger partial charge in [0.15, 0.2) is 18.2 Å². The van der Waals surface area contributed by atoms with E-state index in [1.165, 1.54) is 26.9 Å². The van der Waals surface area contributed by atoms with Gasteiger partial charge in [0.25, 0.3) is 5.91 Å². The molecule has 4 heterocycles. The summed E-state index contributed by atoms with van der Waals surface area (Å²) in [6.45, 7) is 0.315. The summed E-state index contributed by atoms with van der Waals surface area (Å²) in [6.07, 6.45) is 3.37. The smallest absolute Gasteiger partial charge is 0.346 e. The molecule has 0 aromatic carbocycles. The monoisotopic (exact) mass is 476 g/mol. The summed E-state index contributed by atoms with van der Waals surface area (Å²) >= 11 is 1.45. The number of hydrogen-bond acceptors (Lipinski definition) is 7. The topological polar surface area (TPSA) is 117 Å². The number of carbonyl (C=O) groups excluding carboxylic acids is 1. The number of anilines is 1. The lowest BCUT2D eigenvalue weighted by molar-refractivity contribution is -0.118. The van der Waals surface area contributed by atoms with Crippen LogP contribution in [-0.2, 0) is 17.9 Å². The zero-order chi connectivity index (χ0) is 21.8. The number of thiophene rings is 1. The molecule has 0 saturated carbocycles. The Balaban J connectivity index is 0.00000289. The summed E-state index contributed by atoms with van der Waals surface area (Å²) in [5, 5.41) is 6.63. The minimum absolute atomic E-state index is 0. The Labute approximate surface area is 192 Å². The molecule has 3 aromatic heterocycles. The largest absolute Gasteiger partial charge is 0.480 e. The summed E-state index contributed by atoms with van der Waals surface area (Å²) in [5.74, 6) is 6.69. The zero-order valence-electron chi connectivity index (χ0n) is 16.6. The number of amides is 1. The van der Waals surface area contributed by atoms with Gasteiger partial charge in [-0.1, -0.05) is 11.8 Å². The number of rotatable bonds is 5. The predicted octanol–water partition coefficient (Wildman–Crippen LogP) is 1.51. The van der Waals surface area contributed by atoms with Gasteiger partial charge in [0.05, 0.1) is 24.3 Å². The molecule has 1 amide bonds. The van der Waals surface area contributed by atoms with Crippen molar-refractivity contribution in [2.75, 3.05) is 18.5 Å². The molecule has 0 atom stereocenters. The zero-order valence-corrected chi connectivity index (χ0v) is 18.2. The van der Waals surface area contributed by atoms with Crippen LogP contribution in [0.15, 0.2) is 47.4 Å². The van der Waals surface area contributed by atoms with Crippen molar-refractivity contribution in [3.63, 3.8) is 0 Å². The fourth-order valence-corrected chi connectivity index (χ4v) is 3.64. The molecule has 0 saturated heterocycles. The number of nitrogens with zero attached hydrogens (tertiary/aromatic N) is 4. The van der Waals surface area contributed by atoms with Crippen LogP contribution < -0.4 is 21.5 Å². The third-order valence-corrected chi connectivity index (χ3v) is 5.34. The first kappa shape index (κ1) is 23.2. The molecule has 12 heteroatoms. The first-order chi connectivity index (χ1) is 15.1. The molecule has 1 aliphatic heterocycles. The van der Waals surface area contributed by atoms with E-state index in [9.17, 15) is 14.0 Å². The Morgan fingerprint density at radius 2 is 2.22 bits per heavy atom. The van der Waals surface area contributed by atoms with Crippen molar-refractivity contribution in [3.05, 3.63) is 68.4 Å². The number of hydrogen-bond donors (Lipinski definition) is 2. The molecule has 4 rings (SSSR count). The van der Waals surface area contributed by atoms with Gasteiger partial charge < -0.3 is 15.8 Å². The Morgan fingerprint density at radius 1 is 1.38 bits per heavy atom. The fourth-order valence-electron chi connectivity index (χ4n) is 2.78. The summed E-state index contributed by atoms with van der Waals surface area (Å²) in [6, 6.07) is 5.47. The lowest BCUT2D eigenvalue weighted by Crippen LogP contribution is -2.26. The Kier molecular flexibility index (Phi) is 7.42. The first-order valence-corrected chi connectivity index (χ1v) is 10.0. The SMILES string of the molecule is Cl.NC/C(=C\F)Cn1ncn(Cc2ccc(C#Cc3cnc4c(c3)OCC(=O)N4)s2)c1=O. The number of ether oxygens (including phenoxy) is 1. The van der Waals surface area contributed by atoms with E-state index in [-0.39, 0.29) is 49.3 Å². The van der Waals surface area contributed by atoms with Gasteiger partial charge in [-0.2, -0.15) is 5.10 Å². The summed E-state index contributed by atoms with van der Waals surface area (Å²) in [7, 11) is 0. The van der Waals surface area contributed by atoms with E-state index in [1.54, 1.807) is 12.3 Å². The van der Waals surface area contributed by atoms with E-state index in [0.717, 1.165) is 9.75 Å². The van der Waals surface area contributed by atoms with Crippen molar-refractivity contribution < 1.29 is 13.9 Å². The third-order valence-electron chi connectivity index (χ3n) is 4.35. The van der Waals surface area contributed by atoms with Gasteiger partial charge in [0.2, 0.25) is 0 Å². The maximum Gasteiger partial charge on any atom is 0.346 e. The lowest BCUT2D eigenvalue weighted by atomic mass is 10.2. The van der Waals surface area contributed by atoms with E-state index in [0.29, 0.717) is 30.0 Å². The highest BCUT2D eigenvalue weighted by molar-refractivity contribution is 7.12. The standard InChI is InChI=1S/C20H17FN6O3S.ClH/c21-6-14(7-22)9-27-20(29)26(12-24-27)10-16-4-3-15(31-16)2-1-13-5-17-19(23-8-13)25-18(28)11-30-17;/h3-6,8,12H,7,9-11,22H2,(H,23,25,28);1H/b14-6+;. The van der Waals surface area contributed by atoms with Gasteiger partial charge in [-0.3, -0.25) is 9.36 Å². The van der Waals surface area contributed by atoms with Crippen LogP contribution >= 0.6 is 23.7 Å². The summed E-state index contributed by atoms with van der Waals surface area (Å²) in [5.41, 5.74) is 6.02. The van der Waals surface area contributed by atoms with Crippen molar-refractivity contribution in [1.82, 2.24) is 19.3 Å². The molecule has 3 N–H and O–H groups in total. The molecule has 32 heavy (non-hydrogen) atoms. The number of aromatic nitrogens is 4.